The predicted molar refractivity (Wildman–Crippen MR) is 194 cm³/mol. The van der Waals surface area contributed by atoms with E-state index < -0.39 is 17.7 Å². The van der Waals surface area contributed by atoms with Gasteiger partial charge in [-0.1, -0.05) is 78.2 Å². The first-order valence-electron chi connectivity index (χ1n) is 16.1. The number of aliphatic hydroxyl groups excluding tert-OH is 1. The van der Waals surface area contributed by atoms with Crippen molar-refractivity contribution in [2.45, 2.75) is 68.7 Å². The van der Waals surface area contributed by atoms with Crippen molar-refractivity contribution in [1.29, 1.82) is 0 Å². The summed E-state index contributed by atoms with van der Waals surface area (Å²) < 4.78 is 18.4. The highest BCUT2D eigenvalue weighted by atomic mass is 35.5. The number of hydrogen-bond donors (Lipinski definition) is 1. The van der Waals surface area contributed by atoms with Gasteiger partial charge < -0.3 is 19.3 Å². The van der Waals surface area contributed by atoms with E-state index in [1.165, 1.54) is 28.0 Å². The molecule has 1 aromatic heterocycles. The summed E-state index contributed by atoms with van der Waals surface area (Å²) in [5.74, 6) is 0.309. The molecule has 0 aliphatic carbocycles. The van der Waals surface area contributed by atoms with Crippen LogP contribution in [0.4, 0.5) is 5.13 Å². The third-order valence-electron chi connectivity index (χ3n) is 8.17. The number of Topliss-reactive ketones (excluding diaryl/α,β-unsaturated/α-hetero) is 1. The summed E-state index contributed by atoms with van der Waals surface area (Å²) >= 11 is 15.0. The smallest absolute Gasteiger partial charge is 0.301 e. The van der Waals surface area contributed by atoms with Crippen LogP contribution >= 0.6 is 46.3 Å². The fraction of sp³-hybridized carbons (Fsp3) is 0.333. The third kappa shape index (κ3) is 7.55. The van der Waals surface area contributed by atoms with Crippen LogP contribution in [0.25, 0.3) is 5.76 Å². The number of amides is 1. The van der Waals surface area contributed by atoms with Crippen molar-refractivity contribution in [3.8, 4) is 17.2 Å². The Kier molecular flexibility index (Phi) is 11.0. The van der Waals surface area contributed by atoms with Gasteiger partial charge >= 0.3 is 5.91 Å². The molecule has 9 nitrogen and oxygen atoms in total. The van der Waals surface area contributed by atoms with Gasteiger partial charge in [0.05, 0.1) is 24.8 Å². The van der Waals surface area contributed by atoms with Crippen molar-refractivity contribution in [2.24, 2.45) is 0 Å². The van der Waals surface area contributed by atoms with E-state index in [2.05, 4.69) is 17.1 Å². The number of thioether (sulfide) groups is 1. The van der Waals surface area contributed by atoms with E-state index in [1.54, 1.807) is 48.5 Å². The quantitative estimate of drug-likeness (QED) is 0.0359. The standard InChI is InChI=1S/C36H35Cl2N3O6S2/c1-4-6-7-14-46-28-13-9-21(17-29(28)45-5-2)31-30(32(42)22-10-12-27-24(16-22)15-20(3)47-27)33(43)34(44)41(31)35-39-40-36(49-35)48-19-23-8-11-25(37)18-26(23)38/h8-13,16-18,20,31,42H,4-7,14-15,19H2,1-3H3/b32-30+/t20-,31+/m1/s1. The number of ketones is 1. The molecule has 2 aliphatic rings. The monoisotopic (exact) mass is 739 g/mol. The molecule has 0 spiro atoms. The first-order valence-corrected chi connectivity index (χ1v) is 18.6. The molecule has 4 aromatic rings. The van der Waals surface area contributed by atoms with Crippen LogP contribution in [-0.2, 0) is 21.8 Å². The molecule has 0 unspecified atom stereocenters. The highest BCUT2D eigenvalue weighted by Gasteiger charge is 2.48. The Morgan fingerprint density at radius 3 is 2.65 bits per heavy atom. The fourth-order valence-electron chi connectivity index (χ4n) is 5.82. The lowest BCUT2D eigenvalue weighted by Gasteiger charge is -2.23. The molecule has 256 valence electrons. The van der Waals surface area contributed by atoms with Gasteiger partial charge in [0, 0.05) is 27.8 Å². The number of hydrogen-bond acceptors (Lipinski definition) is 10. The minimum Gasteiger partial charge on any atom is -0.507 e. The highest BCUT2D eigenvalue weighted by Crippen LogP contribution is 2.46. The zero-order chi connectivity index (χ0) is 34.7. The second-order valence-electron chi connectivity index (χ2n) is 11.7. The minimum absolute atomic E-state index is 0.00199. The molecule has 49 heavy (non-hydrogen) atoms. The van der Waals surface area contributed by atoms with Crippen LogP contribution in [0.15, 0.2) is 64.5 Å². The number of carbonyl (C=O) groups excluding carboxylic acids is 2. The maximum absolute atomic E-state index is 13.9. The number of nitrogens with zero attached hydrogens (tertiary/aromatic N) is 3. The first-order chi connectivity index (χ1) is 23.7. The molecule has 1 amide bonds. The van der Waals surface area contributed by atoms with Gasteiger partial charge in [-0.3, -0.25) is 14.5 Å². The summed E-state index contributed by atoms with van der Waals surface area (Å²) in [6.45, 7) is 6.87. The molecule has 1 N–H and O–H groups in total. The van der Waals surface area contributed by atoms with Gasteiger partial charge in [-0.2, -0.15) is 0 Å². The zero-order valence-electron chi connectivity index (χ0n) is 27.2. The summed E-state index contributed by atoms with van der Waals surface area (Å²) in [5.41, 5.74) is 2.67. The largest absolute Gasteiger partial charge is 0.507 e. The molecule has 2 atom stereocenters. The molecule has 1 fully saturated rings. The Labute approximate surface area is 303 Å². The molecule has 13 heteroatoms. The number of carbonyl (C=O) groups is 2. The maximum Gasteiger partial charge on any atom is 0.301 e. The first kappa shape index (κ1) is 35.1. The topological polar surface area (TPSA) is 111 Å². The van der Waals surface area contributed by atoms with Crippen molar-refractivity contribution in [1.82, 2.24) is 10.2 Å². The molecule has 0 bridgehead atoms. The average Bonchev–Trinajstić information content (AvgIpc) is 3.77. The Bertz CT molecular complexity index is 1920. The van der Waals surface area contributed by atoms with E-state index in [1.807, 2.05) is 19.9 Å². The average molecular weight is 741 g/mol. The van der Waals surface area contributed by atoms with E-state index in [0.717, 1.165) is 36.1 Å². The number of rotatable bonds is 13. The number of fused-ring (bicyclic) bond motifs is 1. The van der Waals surface area contributed by atoms with Crippen LogP contribution in [0, 0.1) is 0 Å². The van der Waals surface area contributed by atoms with Crippen LogP contribution in [0.1, 0.15) is 68.3 Å². The van der Waals surface area contributed by atoms with E-state index in [4.69, 9.17) is 37.4 Å². The van der Waals surface area contributed by atoms with E-state index in [9.17, 15) is 14.7 Å². The maximum atomic E-state index is 13.9. The number of benzene rings is 3. The Morgan fingerprint density at radius 2 is 1.88 bits per heavy atom. The molecule has 0 radical (unpaired) electrons. The van der Waals surface area contributed by atoms with Gasteiger partial charge in [-0.25, -0.2) is 0 Å². The van der Waals surface area contributed by atoms with Gasteiger partial charge in [0.2, 0.25) is 5.13 Å². The summed E-state index contributed by atoms with van der Waals surface area (Å²) in [7, 11) is 0. The Balaban J connectivity index is 1.40. The molecule has 6 rings (SSSR count). The van der Waals surface area contributed by atoms with E-state index in [0.29, 0.717) is 62.4 Å². The number of ether oxygens (including phenoxy) is 3. The van der Waals surface area contributed by atoms with Crippen LogP contribution in [0.3, 0.4) is 0 Å². The van der Waals surface area contributed by atoms with E-state index >= 15 is 0 Å². The van der Waals surface area contributed by atoms with Crippen molar-refractivity contribution < 1.29 is 28.9 Å². The lowest BCUT2D eigenvalue weighted by Crippen LogP contribution is -2.29. The SMILES string of the molecule is CCCCCOc1ccc([C@H]2/C(=C(\O)c3ccc4c(c3)C[C@@H](C)O4)C(=O)C(=O)N2c2nnc(SCc3ccc(Cl)cc3Cl)s2)cc1OCC. The second kappa shape index (κ2) is 15.4. The Morgan fingerprint density at radius 1 is 1.04 bits per heavy atom. The molecule has 3 aromatic carbocycles. The van der Waals surface area contributed by atoms with Crippen LogP contribution in [-0.4, -0.2) is 46.3 Å². The lowest BCUT2D eigenvalue weighted by molar-refractivity contribution is -0.132. The molecular weight excluding hydrogens is 705 g/mol. The summed E-state index contributed by atoms with van der Waals surface area (Å²) in [4.78, 5) is 29.0. The predicted octanol–water partition coefficient (Wildman–Crippen LogP) is 9.05. The number of unbranched alkanes of at least 4 members (excludes halogenated alkanes) is 2. The van der Waals surface area contributed by atoms with Gasteiger partial charge in [-0.15, -0.1) is 10.2 Å². The van der Waals surface area contributed by atoms with E-state index in [-0.39, 0.29) is 22.6 Å². The molecule has 1 saturated heterocycles. The molecular formula is C36H35Cl2N3O6S2. The number of aromatic nitrogens is 2. The van der Waals surface area contributed by atoms with Gasteiger partial charge in [-0.05, 0) is 79.4 Å². The molecule has 3 heterocycles. The summed E-state index contributed by atoms with van der Waals surface area (Å²) in [5, 5.41) is 21.7. The Hall–Kier alpha value is -3.77. The van der Waals surface area contributed by atoms with Crippen LogP contribution < -0.4 is 19.1 Å². The zero-order valence-corrected chi connectivity index (χ0v) is 30.3. The summed E-state index contributed by atoms with van der Waals surface area (Å²) in [6.07, 6.45) is 3.67. The number of anilines is 1. The molecule has 0 saturated carbocycles. The number of halogens is 2. The molecule has 2 aliphatic heterocycles. The van der Waals surface area contributed by atoms with Crippen molar-refractivity contribution in [2.75, 3.05) is 18.1 Å². The third-order valence-corrected chi connectivity index (χ3v) is 10.9. The van der Waals surface area contributed by atoms with Crippen LogP contribution in [0.5, 0.6) is 17.2 Å². The van der Waals surface area contributed by atoms with Crippen molar-refractivity contribution >= 4 is 68.9 Å². The number of aliphatic hydroxyl groups is 1. The van der Waals surface area contributed by atoms with Gasteiger partial charge in [0.1, 0.15) is 17.6 Å². The van der Waals surface area contributed by atoms with Gasteiger partial charge in [0.15, 0.2) is 15.8 Å². The summed E-state index contributed by atoms with van der Waals surface area (Å²) in [6, 6.07) is 14.9. The van der Waals surface area contributed by atoms with Gasteiger partial charge in [0.25, 0.3) is 5.78 Å². The van der Waals surface area contributed by atoms with Crippen LogP contribution in [0.2, 0.25) is 10.0 Å². The van der Waals surface area contributed by atoms with Crippen molar-refractivity contribution in [3.05, 3.63) is 92.5 Å². The normalized spacial score (nSPS) is 18.1. The highest BCUT2D eigenvalue weighted by molar-refractivity contribution is 8.00. The lowest BCUT2D eigenvalue weighted by atomic mass is 9.94. The second-order valence-corrected chi connectivity index (χ2v) is 14.7. The minimum atomic E-state index is -1.02. The van der Waals surface area contributed by atoms with Crippen molar-refractivity contribution in [3.63, 3.8) is 0 Å². The fourth-order valence-corrected chi connectivity index (χ4v) is 8.25.